The van der Waals surface area contributed by atoms with Gasteiger partial charge in [0.25, 0.3) is 0 Å². The van der Waals surface area contributed by atoms with Gasteiger partial charge in [0.05, 0.1) is 0 Å². The Hall–Kier alpha value is -1.42. The van der Waals surface area contributed by atoms with E-state index in [2.05, 4.69) is 16.6 Å². The number of aliphatic hydroxyl groups excluding tert-OH is 1. The summed E-state index contributed by atoms with van der Waals surface area (Å²) in [5.74, 6) is 4.41. The lowest BCUT2D eigenvalue weighted by atomic mass is 10.2. The summed E-state index contributed by atoms with van der Waals surface area (Å²) in [6.45, 7) is 1.45. The van der Waals surface area contributed by atoms with Crippen molar-refractivity contribution in [1.29, 1.82) is 0 Å². The molecule has 0 heterocycles. The van der Waals surface area contributed by atoms with E-state index in [4.69, 9.17) is 5.11 Å². The van der Waals surface area contributed by atoms with Gasteiger partial charge >= 0.3 is 0 Å². The van der Waals surface area contributed by atoms with Gasteiger partial charge in [0.1, 0.15) is 17.3 Å². The molecule has 0 aromatic heterocycles. The van der Waals surface area contributed by atoms with Gasteiger partial charge in [-0.1, -0.05) is 11.8 Å². The molecule has 0 bridgehead atoms. The summed E-state index contributed by atoms with van der Waals surface area (Å²) >= 11 is 0. The maximum Gasteiger partial charge on any atom is 0.243 e. The van der Waals surface area contributed by atoms with Gasteiger partial charge in [-0.05, 0) is 43.9 Å². The molecule has 1 aliphatic rings. The molecule has 108 valence electrons. The highest BCUT2D eigenvalue weighted by atomic mass is 32.2. The molecule has 0 amide bonds. The van der Waals surface area contributed by atoms with Gasteiger partial charge in [-0.25, -0.2) is 17.5 Å². The van der Waals surface area contributed by atoms with Crippen molar-refractivity contribution >= 4 is 10.0 Å². The van der Waals surface area contributed by atoms with Crippen LogP contribution in [0.1, 0.15) is 25.3 Å². The maximum atomic E-state index is 13.9. The number of benzene rings is 1. The van der Waals surface area contributed by atoms with Gasteiger partial charge in [-0.15, -0.1) is 0 Å². The van der Waals surface area contributed by atoms with Crippen molar-refractivity contribution < 1.29 is 17.9 Å². The lowest BCUT2D eigenvalue weighted by Crippen LogP contribution is -2.34. The first kappa shape index (κ1) is 15.0. The fraction of sp³-hybridized carbons (Fsp3) is 0.429. The molecule has 0 radical (unpaired) electrons. The minimum Gasteiger partial charge on any atom is -0.384 e. The van der Waals surface area contributed by atoms with Crippen molar-refractivity contribution in [1.82, 2.24) is 4.72 Å². The normalized spacial score (nSPS) is 16.4. The van der Waals surface area contributed by atoms with Crippen LogP contribution in [0.3, 0.4) is 0 Å². The van der Waals surface area contributed by atoms with Gasteiger partial charge in [0.2, 0.25) is 10.0 Å². The Morgan fingerprint density at radius 3 is 2.75 bits per heavy atom. The van der Waals surface area contributed by atoms with E-state index in [1.807, 2.05) is 0 Å². The molecule has 0 saturated heterocycles. The van der Waals surface area contributed by atoms with Gasteiger partial charge in [-0.3, -0.25) is 0 Å². The zero-order valence-corrected chi connectivity index (χ0v) is 11.9. The van der Waals surface area contributed by atoms with E-state index in [0.29, 0.717) is 11.5 Å². The minimum atomic E-state index is -3.86. The van der Waals surface area contributed by atoms with Crippen LogP contribution in [-0.2, 0) is 10.0 Å². The summed E-state index contributed by atoms with van der Waals surface area (Å²) in [7, 11) is -3.86. The standard InChI is InChI=1S/C14H16FNO3S/c1-10(12-5-6-12)16-20(18,19)14-7-4-11(3-2-8-17)9-13(14)15/h4,7,9-10,12,16-17H,5-6,8H2,1H3. The van der Waals surface area contributed by atoms with Crippen LogP contribution in [0.25, 0.3) is 0 Å². The van der Waals surface area contributed by atoms with Crippen molar-refractivity contribution in [3.05, 3.63) is 29.6 Å². The SMILES string of the molecule is CC(NS(=O)(=O)c1ccc(C#CCO)cc1F)C1CC1. The minimum absolute atomic E-state index is 0.187. The number of aliphatic hydroxyl groups is 1. The molecule has 1 aromatic carbocycles. The first-order chi connectivity index (χ1) is 9.44. The smallest absolute Gasteiger partial charge is 0.243 e. The molecule has 1 aliphatic carbocycles. The summed E-state index contributed by atoms with van der Waals surface area (Å²) in [5.41, 5.74) is 0.325. The average molecular weight is 297 g/mol. The first-order valence-electron chi connectivity index (χ1n) is 6.35. The molecule has 0 aliphatic heterocycles. The zero-order valence-electron chi connectivity index (χ0n) is 11.1. The molecule has 1 fully saturated rings. The Morgan fingerprint density at radius 1 is 1.50 bits per heavy atom. The fourth-order valence-electron chi connectivity index (χ4n) is 1.94. The van der Waals surface area contributed by atoms with E-state index in [-0.39, 0.29) is 17.5 Å². The summed E-state index contributed by atoms with van der Waals surface area (Å²) in [6.07, 6.45) is 2.00. The van der Waals surface area contributed by atoms with Crippen LogP contribution in [0, 0.1) is 23.6 Å². The highest BCUT2D eigenvalue weighted by molar-refractivity contribution is 7.89. The third kappa shape index (κ3) is 3.57. The Balaban J connectivity index is 2.22. The molecule has 0 spiro atoms. The quantitative estimate of drug-likeness (QED) is 0.822. The maximum absolute atomic E-state index is 13.9. The predicted octanol–water partition coefficient (Wildman–Crippen LogP) is 1.25. The van der Waals surface area contributed by atoms with Gasteiger partial charge in [0, 0.05) is 11.6 Å². The monoisotopic (exact) mass is 297 g/mol. The number of hydrogen-bond donors (Lipinski definition) is 2. The van der Waals surface area contributed by atoms with Gasteiger partial charge < -0.3 is 5.11 Å². The summed E-state index contributed by atoms with van der Waals surface area (Å²) < 4.78 is 40.6. The van der Waals surface area contributed by atoms with E-state index in [1.165, 1.54) is 12.1 Å². The molecule has 2 N–H and O–H groups in total. The second-order valence-corrected chi connectivity index (χ2v) is 6.53. The van der Waals surface area contributed by atoms with Crippen LogP contribution < -0.4 is 4.72 Å². The molecular weight excluding hydrogens is 281 g/mol. The first-order valence-corrected chi connectivity index (χ1v) is 7.84. The predicted molar refractivity (Wildman–Crippen MR) is 72.9 cm³/mol. The fourth-order valence-corrected chi connectivity index (χ4v) is 3.31. The highest BCUT2D eigenvalue weighted by Gasteiger charge is 2.32. The average Bonchev–Trinajstić information content (AvgIpc) is 3.19. The Labute approximate surface area is 118 Å². The lowest BCUT2D eigenvalue weighted by Gasteiger charge is -2.13. The molecule has 2 rings (SSSR count). The Kier molecular flexibility index (Phi) is 4.43. The van der Waals surface area contributed by atoms with E-state index >= 15 is 0 Å². The lowest BCUT2D eigenvalue weighted by molar-refractivity contribution is 0.350. The van der Waals surface area contributed by atoms with Crippen molar-refractivity contribution in [2.24, 2.45) is 5.92 Å². The molecule has 1 saturated carbocycles. The third-order valence-electron chi connectivity index (χ3n) is 3.20. The van der Waals surface area contributed by atoms with Crippen molar-refractivity contribution in [2.75, 3.05) is 6.61 Å². The second-order valence-electron chi connectivity index (χ2n) is 4.85. The molecular formula is C14H16FNO3S. The van der Waals surface area contributed by atoms with Crippen LogP contribution in [0.2, 0.25) is 0 Å². The topological polar surface area (TPSA) is 66.4 Å². The Morgan fingerprint density at radius 2 is 2.20 bits per heavy atom. The van der Waals surface area contributed by atoms with Crippen LogP contribution in [-0.4, -0.2) is 26.2 Å². The number of rotatable bonds is 4. The summed E-state index contributed by atoms with van der Waals surface area (Å²) in [5, 5.41) is 8.56. The molecule has 6 heteroatoms. The van der Waals surface area contributed by atoms with E-state index in [9.17, 15) is 12.8 Å². The highest BCUT2D eigenvalue weighted by Crippen LogP contribution is 2.33. The summed E-state index contributed by atoms with van der Waals surface area (Å²) in [6, 6.07) is 3.48. The zero-order chi connectivity index (χ0) is 14.8. The van der Waals surface area contributed by atoms with Gasteiger partial charge in [-0.2, -0.15) is 0 Å². The van der Waals surface area contributed by atoms with Crippen LogP contribution >= 0.6 is 0 Å². The Bertz CT molecular complexity index is 657. The van der Waals surface area contributed by atoms with Crippen molar-refractivity contribution in [2.45, 2.75) is 30.7 Å². The van der Waals surface area contributed by atoms with Crippen molar-refractivity contribution in [3.8, 4) is 11.8 Å². The molecule has 1 unspecified atom stereocenters. The number of halogens is 1. The van der Waals surface area contributed by atoms with Crippen molar-refractivity contribution in [3.63, 3.8) is 0 Å². The number of hydrogen-bond acceptors (Lipinski definition) is 3. The molecule has 20 heavy (non-hydrogen) atoms. The number of sulfonamides is 1. The van der Waals surface area contributed by atoms with Crippen LogP contribution in [0.15, 0.2) is 23.1 Å². The second kappa shape index (κ2) is 5.92. The van der Waals surface area contributed by atoms with E-state index < -0.39 is 15.8 Å². The summed E-state index contributed by atoms with van der Waals surface area (Å²) in [4.78, 5) is -0.375. The molecule has 1 atom stereocenters. The van der Waals surface area contributed by atoms with Crippen LogP contribution in [0.5, 0.6) is 0 Å². The van der Waals surface area contributed by atoms with E-state index in [1.54, 1.807) is 6.92 Å². The number of nitrogens with one attached hydrogen (secondary N) is 1. The van der Waals surface area contributed by atoms with Crippen LogP contribution in [0.4, 0.5) is 4.39 Å². The molecule has 4 nitrogen and oxygen atoms in total. The van der Waals surface area contributed by atoms with Gasteiger partial charge in [0.15, 0.2) is 0 Å². The largest absolute Gasteiger partial charge is 0.384 e. The third-order valence-corrected chi connectivity index (χ3v) is 4.80. The molecule has 1 aromatic rings. The van der Waals surface area contributed by atoms with E-state index in [0.717, 1.165) is 18.9 Å².